The second-order valence-electron chi connectivity index (χ2n) is 10.9. The normalized spacial score (nSPS) is 16.8. The first-order chi connectivity index (χ1) is 20.0. The average Bonchev–Trinajstić information content (AvgIpc) is 3.46. The van der Waals surface area contributed by atoms with E-state index in [1.807, 2.05) is 37.3 Å². The third-order valence-electron chi connectivity index (χ3n) is 8.03. The maximum absolute atomic E-state index is 13.9. The van der Waals surface area contributed by atoms with Gasteiger partial charge in [0.2, 0.25) is 5.43 Å². The van der Waals surface area contributed by atoms with E-state index in [1.165, 1.54) is 18.2 Å². The molecule has 0 saturated carbocycles. The number of likely N-dealkylation sites (tertiary alicyclic amines) is 1. The van der Waals surface area contributed by atoms with Gasteiger partial charge in [0.05, 0.1) is 12.1 Å². The van der Waals surface area contributed by atoms with Gasteiger partial charge in [0.15, 0.2) is 5.69 Å². The van der Waals surface area contributed by atoms with E-state index in [9.17, 15) is 27.2 Å². The highest BCUT2D eigenvalue weighted by Crippen LogP contribution is 2.41. The van der Waals surface area contributed by atoms with Crippen molar-refractivity contribution < 1.29 is 22.4 Å². The number of hydrogen-bond acceptors (Lipinski definition) is 3. The molecule has 0 spiro atoms. The van der Waals surface area contributed by atoms with Crippen LogP contribution < -0.4 is 5.43 Å². The summed E-state index contributed by atoms with van der Waals surface area (Å²) in [6, 6.07) is 20.0. The largest absolute Gasteiger partial charge is 0.416 e. The molecule has 4 aromatic rings. The van der Waals surface area contributed by atoms with Crippen molar-refractivity contribution in [3.05, 3.63) is 135 Å². The first-order valence-electron chi connectivity index (χ1n) is 13.9. The summed E-state index contributed by atoms with van der Waals surface area (Å²) in [5, 5.41) is 4.42. The SMILES string of the molecule is Cc1cn(Cc2ccccc2)nc(C(=O)N2CCC[C@@H]2[C@H](C)[C@H](c2ccc(F)cc2)c2cccc(C(F)(F)F)c2)c1=O. The average molecular weight is 578 g/mol. The van der Waals surface area contributed by atoms with Crippen LogP contribution in [0.25, 0.3) is 0 Å². The van der Waals surface area contributed by atoms with E-state index in [2.05, 4.69) is 5.10 Å². The first-order valence-corrected chi connectivity index (χ1v) is 13.9. The van der Waals surface area contributed by atoms with Crippen LogP contribution in [0.15, 0.2) is 89.9 Å². The van der Waals surface area contributed by atoms with E-state index < -0.39 is 34.8 Å². The van der Waals surface area contributed by atoms with Gasteiger partial charge in [0.25, 0.3) is 5.91 Å². The zero-order chi connectivity index (χ0) is 30.0. The summed E-state index contributed by atoms with van der Waals surface area (Å²) >= 11 is 0. The Balaban J connectivity index is 1.50. The minimum atomic E-state index is -4.53. The highest BCUT2D eigenvalue weighted by Gasteiger charge is 2.40. The minimum Gasteiger partial charge on any atom is -0.334 e. The lowest BCUT2D eigenvalue weighted by Crippen LogP contribution is -2.44. The van der Waals surface area contributed by atoms with Crippen molar-refractivity contribution in [1.82, 2.24) is 14.7 Å². The summed E-state index contributed by atoms with van der Waals surface area (Å²) in [4.78, 5) is 28.7. The number of carbonyl (C=O) groups excluding carboxylic acids is 1. The zero-order valence-electron chi connectivity index (χ0n) is 23.3. The van der Waals surface area contributed by atoms with E-state index >= 15 is 0 Å². The van der Waals surface area contributed by atoms with Crippen molar-refractivity contribution in [2.45, 2.75) is 51.4 Å². The summed E-state index contributed by atoms with van der Waals surface area (Å²) in [5.74, 6) is -1.88. The Hall–Kier alpha value is -4.27. The zero-order valence-corrected chi connectivity index (χ0v) is 23.3. The topological polar surface area (TPSA) is 55.2 Å². The molecule has 1 aromatic heterocycles. The summed E-state index contributed by atoms with van der Waals surface area (Å²) in [6.07, 6.45) is -1.63. The molecule has 0 aliphatic carbocycles. The number of aromatic nitrogens is 2. The Kier molecular flexibility index (Phi) is 8.29. The third kappa shape index (κ3) is 6.15. The molecule has 0 N–H and O–H groups in total. The van der Waals surface area contributed by atoms with Gasteiger partial charge in [-0.1, -0.05) is 67.6 Å². The molecule has 0 bridgehead atoms. The molecule has 218 valence electrons. The van der Waals surface area contributed by atoms with Crippen LogP contribution in [-0.4, -0.2) is 33.2 Å². The van der Waals surface area contributed by atoms with E-state index in [-0.39, 0.29) is 17.7 Å². The number of rotatable bonds is 7. The molecule has 3 aromatic carbocycles. The minimum absolute atomic E-state index is 0.178. The number of carbonyl (C=O) groups is 1. The van der Waals surface area contributed by atoms with Gasteiger partial charge in [0.1, 0.15) is 5.82 Å². The van der Waals surface area contributed by atoms with Gasteiger partial charge in [0, 0.05) is 30.3 Å². The van der Waals surface area contributed by atoms with E-state index in [0.29, 0.717) is 42.6 Å². The van der Waals surface area contributed by atoms with Crippen molar-refractivity contribution in [1.29, 1.82) is 0 Å². The number of benzene rings is 3. The van der Waals surface area contributed by atoms with Crippen molar-refractivity contribution in [3.63, 3.8) is 0 Å². The molecule has 3 atom stereocenters. The van der Waals surface area contributed by atoms with Crippen molar-refractivity contribution in [3.8, 4) is 0 Å². The van der Waals surface area contributed by atoms with Gasteiger partial charge >= 0.3 is 6.18 Å². The van der Waals surface area contributed by atoms with Crippen LogP contribution in [0.4, 0.5) is 17.6 Å². The maximum Gasteiger partial charge on any atom is 0.416 e. The van der Waals surface area contributed by atoms with E-state index in [1.54, 1.807) is 40.9 Å². The monoisotopic (exact) mass is 577 g/mol. The molecule has 42 heavy (non-hydrogen) atoms. The lowest BCUT2D eigenvalue weighted by Gasteiger charge is -2.35. The Morgan fingerprint density at radius 1 is 1.00 bits per heavy atom. The van der Waals surface area contributed by atoms with Crippen LogP contribution >= 0.6 is 0 Å². The Morgan fingerprint density at radius 2 is 1.71 bits per heavy atom. The lowest BCUT2D eigenvalue weighted by molar-refractivity contribution is -0.137. The predicted octanol–water partition coefficient (Wildman–Crippen LogP) is 6.83. The van der Waals surface area contributed by atoms with Gasteiger partial charge in [-0.2, -0.15) is 18.3 Å². The summed E-state index contributed by atoms with van der Waals surface area (Å²) in [6.45, 7) is 4.30. The fourth-order valence-electron chi connectivity index (χ4n) is 5.99. The molecule has 2 heterocycles. The standard InChI is InChI=1S/C33H31F4N3O2/c1-21-19-39(20-23-8-4-3-5-9-23)38-30(31(21)41)32(42)40-17-7-12-28(40)22(2)29(24-13-15-27(34)16-14-24)25-10-6-11-26(18-25)33(35,36)37/h3-6,8-11,13-16,18-19,22,28-29H,7,12,17,20H2,1-2H3/t22-,28+,29+/m0/s1. The highest BCUT2D eigenvalue weighted by molar-refractivity contribution is 5.92. The Bertz CT molecular complexity index is 1620. The fraction of sp³-hybridized carbons (Fsp3) is 0.303. The quantitative estimate of drug-likeness (QED) is 0.226. The predicted molar refractivity (Wildman–Crippen MR) is 152 cm³/mol. The van der Waals surface area contributed by atoms with Crippen molar-refractivity contribution >= 4 is 5.91 Å². The van der Waals surface area contributed by atoms with Crippen LogP contribution in [0.3, 0.4) is 0 Å². The van der Waals surface area contributed by atoms with Gasteiger partial charge in [-0.25, -0.2) is 4.39 Å². The molecular formula is C33H31F4N3O2. The molecule has 1 aliphatic rings. The van der Waals surface area contributed by atoms with Gasteiger partial charge < -0.3 is 4.90 Å². The maximum atomic E-state index is 13.9. The number of halogens is 4. The molecule has 0 unspecified atom stereocenters. The Morgan fingerprint density at radius 3 is 2.40 bits per heavy atom. The number of amides is 1. The smallest absolute Gasteiger partial charge is 0.334 e. The van der Waals surface area contributed by atoms with Gasteiger partial charge in [-0.3, -0.25) is 14.3 Å². The summed E-state index contributed by atoms with van der Waals surface area (Å²) in [7, 11) is 0. The van der Waals surface area contributed by atoms with Crippen LogP contribution in [0.2, 0.25) is 0 Å². The van der Waals surface area contributed by atoms with Gasteiger partial charge in [-0.15, -0.1) is 0 Å². The molecule has 1 saturated heterocycles. The van der Waals surface area contributed by atoms with Crippen LogP contribution in [0.5, 0.6) is 0 Å². The van der Waals surface area contributed by atoms with Crippen molar-refractivity contribution in [2.75, 3.05) is 6.54 Å². The molecular weight excluding hydrogens is 546 g/mol. The fourth-order valence-corrected chi connectivity index (χ4v) is 5.99. The second kappa shape index (κ2) is 11.9. The van der Waals surface area contributed by atoms with Gasteiger partial charge in [-0.05, 0) is 60.6 Å². The lowest BCUT2D eigenvalue weighted by atomic mass is 9.77. The van der Waals surface area contributed by atoms with E-state index in [4.69, 9.17) is 0 Å². The number of hydrogen-bond donors (Lipinski definition) is 0. The number of aryl methyl sites for hydroxylation is 1. The Labute approximate surface area is 241 Å². The van der Waals surface area contributed by atoms with Crippen LogP contribution in [-0.2, 0) is 12.7 Å². The van der Waals surface area contributed by atoms with Crippen molar-refractivity contribution in [2.24, 2.45) is 5.92 Å². The van der Waals surface area contributed by atoms with E-state index in [0.717, 1.165) is 17.7 Å². The highest BCUT2D eigenvalue weighted by atomic mass is 19.4. The molecule has 1 aliphatic heterocycles. The first kappa shape index (κ1) is 29.2. The number of alkyl halides is 3. The second-order valence-corrected chi connectivity index (χ2v) is 10.9. The molecule has 5 rings (SSSR count). The number of nitrogens with zero attached hydrogens (tertiary/aromatic N) is 3. The molecule has 1 amide bonds. The third-order valence-corrected chi connectivity index (χ3v) is 8.03. The molecule has 1 fully saturated rings. The van der Waals surface area contributed by atoms with Crippen LogP contribution in [0, 0.1) is 18.7 Å². The summed E-state index contributed by atoms with van der Waals surface area (Å²) < 4.78 is 56.3. The molecule has 5 nitrogen and oxygen atoms in total. The molecule has 9 heteroatoms. The molecule has 0 radical (unpaired) electrons. The van der Waals surface area contributed by atoms with Crippen LogP contribution in [0.1, 0.15) is 64.0 Å². The summed E-state index contributed by atoms with van der Waals surface area (Å²) in [5.41, 5.74) is 1.01.